The second kappa shape index (κ2) is 6.65. The number of nitrogens with zero attached hydrogens (tertiary/aromatic N) is 2. The number of nitriles is 1. The summed E-state index contributed by atoms with van der Waals surface area (Å²) in [6.45, 7) is 0. The summed E-state index contributed by atoms with van der Waals surface area (Å²) in [5.74, 6) is 1.56. The van der Waals surface area contributed by atoms with E-state index in [0.29, 0.717) is 33.5 Å². The van der Waals surface area contributed by atoms with E-state index < -0.39 is 0 Å². The summed E-state index contributed by atoms with van der Waals surface area (Å²) in [5.41, 5.74) is 2.72. The molecule has 2 aromatic carbocycles. The highest BCUT2D eigenvalue weighted by molar-refractivity contribution is 6.32. The monoisotopic (exact) mass is 339 g/mol. The number of H-pyrrole nitrogens is 1. The highest BCUT2D eigenvalue weighted by Gasteiger charge is 2.12. The first-order valence-electron chi connectivity index (χ1n) is 7.14. The van der Waals surface area contributed by atoms with E-state index in [1.807, 2.05) is 24.3 Å². The number of nitrogens with one attached hydrogen (secondary N) is 1. The largest absolute Gasteiger partial charge is 0.496 e. The van der Waals surface area contributed by atoms with Crippen molar-refractivity contribution < 1.29 is 9.47 Å². The van der Waals surface area contributed by atoms with Gasteiger partial charge >= 0.3 is 0 Å². The number of fused-ring (bicyclic) bond motifs is 1. The summed E-state index contributed by atoms with van der Waals surface area (Å²) < 4.78 is 10.5. The Labute approximate surface area is 144 Å². The van der Waals surface area contributed by atoms with Gasteiger partial charge in [-0.2, -0.15) is 5.26 Å². The summed E-state index contributed by atoms with van der Waals surface area (Å²) in [7, 11) is 3.08. The summed E-state index contributed by atoms with van der Waals surface area (Å²) in [6, 6.07) is 13.1. The predicted molar refractivity (Wildman–Crippen MR) is 94.1 cm³/mol. The van der Waals surface area contributed by atoms with E-state index in [0.717, 1.165) is 11.0 Å². The fourth-order valence-corrected chi connectivity index (χ4v) is 2.63. The zero-order valence-corrected chi connectivity index (χ0v) is 13.9. The minimum absolute atomic E-state index is 0.380. The summed E-state index contributed by atoms with van der Waals surface area (Å²) in [5, 5.41) is 9.96. The van der Waals surface area contributed by atoms with Crippen molar-refractivity contribution in [1.82, 2.24) is 9.97 Å². The third-order valence-electron chi connectivity index (χ3n) is 3.57. The standard InChI is InChI=1S/C18H14ClN3O2/c1-23-16-9-17(24-2)13(19)8-11(16)7-12(10-20)18-21-14-5-3-4-6-15(14)22-18/h3-9H,1-2H3,(H,21,22). The second-order valence-corrected chi connectivity index (χ2v) is 5.41. The topological polar surface area (TPSA) is 70.9 Å². The van der Waals surface area contributed by atoms with E-state index in [1.165, 1.54) is 7.11 Å². The highest BCUT2D eigenvalue weighted by Crippen LogP contribution is 2.34. The van der Waals surface area contributed by atoms with Gasteiger partial charge in [-0.3, -0.25) is 0 Å². The van der Waals surface area contributed by atoms with Gasteiger partial charge in [0, 0.05) is 11.6 Å². The van der Waals surface area contributed by atoms with Gasteiger partial charge in [-0.15, -0.1) is 0 Å². The van der Waals surface area contributed by atoms with Gasteiger partial charge in [0.2, 0.25) is 0 Å². The number of halogens is 1. The maximum atomic E-state index is 9.52. The Hall–Kier alpha value is -2.97. The van der Waals surface area contributed by atoms with Crippen LogP contribution in [0.15, 0.2) is 36.4 Å². The molecule has 3 rings (SSSR count). The lowest BCUT2D eigenvalue weighted by Gasteiger charge is -2.09. The Morgan fingerprint density at radius 3 is 2.62 bits per heavy atom. The lowest BCUT2D eigenvalue weighted by molar-refractivity contribution is 0.394. The van der Waals surface area contributed by atoms with Crippen molar-refractivity contribution in [2.75, 3.05) is 14.2 Å². The number of allylic oxidation sites excluding steroid dienone is 1. The van der Waals surface area contributed by atoms with Gasteiger partial charge in [-0.1, -0.05) is 23.7 Å². The van der Waals surface area contributed by atoms with Gasteiger partial charge in [0.15, 0.2) is 0 Å². The number of ether oxygens (including phenoxy) is 2. The third kappa shape index (κ3) is 2.92. The molecule has 0 aliphatic heterocycles. The molecule has 0 aliphatic rings. The molecule has 0 saturated heterocycles. The van der Waals surface area contributed by atoms with Crippen molar-refractivity contribution in [3.05, 3.63) is 52.8 Å². The molecule has 0 bridgehead atoms. The van der Waals surface area contributed by atoms with E-state index in [9.17, 15) is 5.26 Å². The first-order valence-corrected chi connectivity index (χ1v) is 7.52. The van der Waals surface area contributed by atoms with Crippen molar-refractivity contribution in [3.63, 3.8) is 0 Å². The van der Waals surface area contributed by atoms with Crippen LogP contribution in [0, 0.1) is 11.3 Å². The molecule has 0 fully saturated rings. The number of hydrogen-bond acceptors (Lipinski definition) is 4. The molecule has 0 saturated carbocycles. The van der Waals surface area contributed by atoms with Gasteiger partial charge in [0.05, 0.1) is 35.8 Å². The summed E-state index contributed by atoms with van der Waals surface area (Å²) in [6.07, 6.45) is 1.68. The maximum Gasteiger partial charge on any atom is 0.149 e. The lowest BCUT2D eigenvalue weighted by Crippen LogP contribution is -1.92. The number of imidazole rings is 1. The number of aromatic amines is 1. The van der Waals surface area contributed by atoms with E-state index in [-0.39, 0.29) is 0 Å². The predicted octanol–water partition coefficient (Wildman–Crippen LogP) is 4.30. The molecule has 1 aromatic heterocycles. The molecule has 24 heavy (non-hydrogen) atoms. The van der Waals surface area contributed by atoms with Crippen LogP contribution in [0.1, 0.15) is 11.4 Å². The van der Waals surface area contributed by atoms with E-state index >= 15 is 0 Å². The molecule has 0 spiro atoms. The van der Waals surface area contributed by atoms with Crippen LogP contribution < -0.4 is 9.47 Å². The molecule has 1 heterocycles. The van der Waals surface area contributed by atoms with Crippen LogP contribution in [0.5, 0.6) is 11.5 Å². The van der Waals surface area contributed by atoms with Crippen LogP contribution in [0.2, 0.25) is 5.02 Å². The molecule has 1 N–H and O–H groups in total. The molecule has 0 unspecified atom stereocenters. The van der Waals surface area contributed by atoms with E-state index in [1.54, 1.807) is 25.3 Å². The van der Waals surface area contributed by atoms with Gasteiger partial charge in [-0.05, 0) is 24.3 Å². The minimum atomic E-state index is 0.380. The van der Waals surface area contributed by atoms with Crippen molar-refractivity contribution in [1.29, 1.82) is 5.26 Å². The molecule has 0 aliphatic carbocycles. The summed E-state index contributed by atoms with van der Waals surface area (Å²) >= 11 is 6.18. The average Bonchev–Trinajstić information content (AvgIpc) is 3.03. The normalized spacial score (nSPS) is 11.3. The number of hydrogen-bond donors (Lipinski definition) is 1. The van der Waals surface area contributed by atoms with Gasteiger partial charge < -0.3 is 14.5 Å². The number of rotatable bonds is 4. The molecule has 0 amide bonds. The molecule has 0 atom stereocenters. The maximum absolute atomic E-state index is 9.52. The quantitative estimate of drug-likeness (QED) is 0.719. The van der Waals surface area contributed by atoms with Crippen LogP contribution in [0.25, 0.3) is 22.7 Å². The fraction of sp³-hybridized carbons (Fsp3) is 0.111. The number of para-hydroxylation sites is 2. The Kier molecular flexibility index (Phi) is 4.41. The zero-order valence-electron chi connectivity index (χ0n) is 13.1. The molecule has 5 nitrogen and oxygen atoms in total. The SMILES string of the molecule is COc1cc(OC)c(C=C(C#N)c2nc3ccccc3[nH]2)cc1Cl. The van der Waals surface area contributed by atoms with Gasteiger partial charge in [0.25, 0.3) is 0 Å². The van der Waals surface area contributed by atoms with Crippen molar-refractivity contribution in [3.8, 4) is 17.6 Å². The summed E-state index contributed by atoms with van der Waals surface area (Å²) in [4.78, 5) is 7.59. The number of methoxy groups -OCH3 is 2. The van der Waals surface area contributed by atoms with Gasteiger partial charge in [0.1, 0.15) is 23.4 Å². The number of aromatic nitrogens is 2. The first kappa shape index (κ1) is 15.9. The molecule has 120 valence electrons. The van der Waals surface area contributed by atoms with Crippen LogP contribution in [-0.2, 0) is 0 Å². The van der Waals surface area contributed by atoms with E-state index in [2.05, 4.69) is 16.0 Å². The highest BCUT2D eigenvalue weighted by atomic mass is 35.5. The van der Waals surface area contributed by atoms with Crippen LogP contribution >= 0.6 is 11.6 Å². The van der Waals surface area contributed by atoms with Crippen LogP contribution in [-0.4, -0.2) is 24.2 Å². The molecule has 3 aromatic rings. The molecule has 0 radical (unpaired) electrons. The fourth-order valence-electron chi connectivity index (χ4n) is 2.39. The lowest BCUT2D eigenvalue weighted by atomic mass is 10.1. The minimum Gasteiger partial charge on any atom is -0.496 e. The number of benzene rings is 2. The zero-order chi connectivity index (χ0) is 17.1. The van der Waals surface area contributed by atoms with Crippen molar-refractivity contribution >= 4 is 34.3 Å². The van der Waals surface area contributed by atoms with Crippen LogP contribution in [0.3, 0.4) is 0 Å². The molecule has 6 heteroatoms. The smallest absolute Gasteiger partial charge is 0.149 e. The van der Waals surface area contributed by atoms with E-state index in [4.69, 9.17) is 21.1 Å². The average molecular weight is 340 g/mol. The van der Waals surface area contributed by atoms with Crippen LogP contribution in [0.4, 0.5) is 0 Å². The van der Waals surface area contributed by atoms with Crippen molar-refractivity contribution in [2.24, 2.45) is 0 Å². The Bertz CT molecular complexity index is 937. The Balaban J connectivity index is 2.11. The Morgan fingerprint density at radius 1 is 1.21 bits per heavy atom. The van der Waals surface area contributed by atoms with Crippen molar-refractivity contribution in [2.45, 2.75) is 0 Å². The Morgan fingerprint density at radius 2 is 1.96 bits per heavy atom. The second-order valence-electron chi connectivity index (χ2n) is 5.00. The third-order valence-corrected chi connectivity index (χ3v) is 3.86. The first-order chi connectivity index (χ1) is 11.7. The molecular weight excluding hydrogens is 326 g/mol. The van der Waals surface area contributed by atoms with Gasteiger partial charge in [-0.25, -0.2) is 4.98 Å². The molecular formula is C18H14ClN3O2.